The number of furan rings is 1. The van der Waals surface area contributed by atoms with Crippen molar-refractivity contribution in [2.75, 3.05) is 4.90 Å². The van der Waals surface area contributed by atoms with Crippen molar-refractivity contribution in [3.8, 4) is 0 Å². The Morgan fingerprint density at radius 3 is 2.76 bits per heavy atom. The molecule has 33 heavy (non-hydrogen) atoms. The molecule has 174 valence electrons. The molecule has 6 heteroatoms. The van der Waals surface area contributed by atoms with Gasteiger partial charge in [0.05, 0.1) is 18.3 Å². The summed E-state index contributed by atoms with van der Waals surface area (Å²) in [5, 5.41) is 3.36. The molecule has 2 amide bonds. The van der Waals surface area contributed by atoms with Crippen molar-refractivity contribution >= 4 is 28.6 Å². The van der Waals surface area contributed by atoms with E-state index in [1.165, 1.54) is 6.42 Å². The smallest absolute Gasteiger partial charge is 0.276 e. The monoisotopic (exact) mass is 447 g/mol. The minimum absolute atomic E-state index is 0.0984. The van der Waals surface area contributed by atoms with Crippen molar-refractivity contribution in [3.63, 3.8) is 0 Å². The standard InChI is InChI=1S/C27H33N3O3/c1-16-8-6-10-20(18(16)3)28-26(32)27(5)15-29-22-12-13-33-24(22)14-23(29)25(31)30(27)21-11-7-9-17(2)19(21)4/h7,9,11-14,16,18,20H,6,8,10,15H2,1-5H3,(H,28,32)/t16-,18-,20+,27+/m0/s1. The van der Waals surface area contributed by atoms with Crippen LogP contribution in [0.1, 0.15) is 61.6 Å². The first-order valence-corrected chi connectivity index (χ1v) is 12.0. The van der Waals surface area contributed by atoms with E-state index in [0.717, 1.165) is 35.2 Å². The lowest BCUT2D eigenvalue weighted by molar-refractivity contribution is -0.128. The molecule has 0 spiro atoms. The third-order valence-corrected chi connectivity index (χ3v) is 8.23. The Morgan fingerprint density at radius 1 is 1.18 bits per heavy atom. The fourth-order valence-corrected chi connectivity index (χ4v) is 5.68. The largest absolute Gasteiger partial charge is 0.463 e. The maximum Gasteiger partial charge on any atom is 0.276 e. The first-order valence-electron chi connectivity index (χ1n) is 12.0. The zero-order valence-electron chi connectivity index (χ0n) is 20.1. The van der Waals surface area contributed by atoms with E-state index in [9.17, 15) is 9.59 Å². The molecule has 5 rings (SSSR count). The summed E-state index contributed by atoms with van der Waals surface area (Å²) in [6, 6.07) is 9.70. The quantitative estimate of drug-likeness (QED) is 0.599. The Bertz CT molecular complexity index is 1240. The van der Waals surface area contributed by atoms with E-state index in [2.05, 4.69) is 19.2 Å². The van der Waals surface area contributed by atoms with Crippen LogP contribution >= 0.6 is 0 Å². The van der Waals surface area contributed by atoms with E-state index >= 15 is 0 Å². The van der Waals surface area contributed by atoms with Crippen molar-refractivity contribution in [1.29, 1.82) is 0 Å². The summed E-state index contributed by atoms with van der Waals surface area (Å²) in [5.74, 6) is 0.701. The number of carbonyl (C=O) groups excluding carboxylic acids is 2. The number of benzene rings is 1. The van der Waals surface area contributed by atoms with Crippen LogP contribution in [0, 0.1) is 25.7 Å². The maximum atomic E-state index is 14.0. The van der Waals surface area contributed by atoms with Gasteiger partial charge in [-0.2, -0.15) is 0 Å². The van der Waals surface area contributed by atoms with Gasteiger partial charge >= 0.3 is 0 Å². The summed E-state index contributed by atoms with van der Waals surface area (Å²) < 4.78 is 7.53. The van der Waals surface area contributed by atoms with Crippen LogP contribution < -0.4 is 10.2 Å². The molecule has 2 aromatic heterocycles. The number of nitrogens with one attached hydrogen (secondary N) is 1. The topological polar surface area (TPSA) is 67.5 Å². The van der Waals surface area contributed by atoms with Gasteiger partial charge in [0.1, 0.15) is 11.2 Å². The van der Waals surface area contributed by atoms with Crippen LogP contribution in [0.15, 0.2) is 41.0 Å². The van der Waals surface area contributed by atoms with Gasteiger partial charge in [0.15, 0.2) is 5.58 Å². The van der Waals surface area contributed by atoms with Gasteiger partial charge in [-0.05, 0) is 56.2 Å². The molecule has 1 aromatic carbocycles. The second-order valence-electron chi connectivity index (χ2n) is 10.3. The molecule has 6 nitrogen and oxygen atoms in total. The van der Waals surface area contributed by atoms with Crippen LogP contribution in [0.2, 0.25) is 0 Å². The normalized spacial score (nSPS) is 27.6. The van der Waals surface area contributed by atoms with Crippen LogP contribution in [0.4, 0.5) is 5.69 Å². The Kier molecular flexibility index (Phi) is 5.15. The summed E-state index contributed by atoms with van der Waals surface area (Å²) in [6.45, 7) is 10.8. The molecular formula is C27H33N3O3. The van der Waals surface area contributed by atoms with Crippen LogP contribution in [0.3, 0.4) is 0 Å². The Labute approximate surface area is 194 Å². The van der Waals surface area contributed by atoms with E-state index in [-0.39, 0.29) is 17.9 Å². The number of hydrogen-bond acceptors (Lipinski definition) is 3. The SMILES string of the molecule is Cc1cccc(N2C(=O)c3cc4occc4n3C[C@]2(C)C(=O)N[C@@H]2CCC[C@H](C)[C@@H]2C)c1C. The van der Waals surface area contributed by atoms with Gasteiger partial charge in [0.25, 0.3) is 5.91 Å². The highest BCUT2D eigenvalue weighted by Crippen LogP contribution is 2.39. The number of fused-ring (bicyclic) bond motifs is 3. The third kappa shape index (κ3) is 3.30. The summed E-state index contributed by atoms with van der Waals surface area (Å²) in [7, 11) is 0. The maximum absolute atomic E-state index is 14.0. The van der Waals surface area contributed by atoms with Gasteiger partial charge < -0.3 is 14.3 Å². The molecule has 1 N–H and O–H groups in total. The highest BCUT2D eigenvalue weighted by Gasteiger charge is 2.50. The second kappa shape index (κ2) is 7.79. The molecule has 1 aliphatic heterocycles. The molecule has 0 unspecified atom stereocenters. The van der Waals surface area contributed by atoms with Crippen LogP contribution in [0.5, 0.6) is 0 Å². The summed E-state index contributed by atoms with van der Waals surface area (Å²) in [6.07, 6.45) is 4.92. The number of aryl methyl sites for hydroxylation is 1. The van der Waals surface area contributed by atoms with Gasteiger partial charge in [-0.15, -0.1) is 0 Å². The average molecular weight is 448 g/mol. The highest BCUT2D eigenvalue weighted by atomic mass is 16.3. The molecule has 0 bridgehead atoms. The number of rotatable bonds is 3. The van der Waals surface area contributed by atoms with Crippen molar-refractivity contribution < 1.29 is 14.0 Å². The summed E-state index contributed by atoms with van der Waals surface area (Å²) in [4.78, 5) is 29.7. The van der Waals surface area contributed by atoms with Gasteiger partial charge in [-0.3, -0.25) is 14.5 Å². The van der Waals surface area contributed by atoms with E-state index in [0.29, 0.717) is 29.7 Å². The van der Waals surface area contributed by atoms with Crippen molar-refractivity contribution in [2.45, 2.75) is 72.0 Å². The summed E-state index contributed by atoms with van der Waals surface area (Å²) >= 11 is 0. The van der Waals surface area contributed by atoms with Crippen molar-refractivity contribution in [2.24, 2.45) is 11.8 Å². The molecular weight excluding hydrogens is 414 g/mol. The minimum Gasteiger partial charge on any atom is -0.463 e. The molecule has 1 fully saturated rings. The first kappa shape index (κ1) is 21.8. The third-order valence-electron chi connectivity index (χ3n) is 8.23. The molecule has 0 radical (unpaired) electrons. The van der Waals surface area contributed by atoms with Gasteiger partial charge in [0, 0.05) is 23.9 Å². The number of amides is 2. The lowest BCUT2D eigenvalue weighted by atomic mass is 9.77. The molecule has 0 saturated heterocycles. The van der Waals surface area contributed by atoms with Gasteiger partial charge in [0.2, 0.25) is 5.91 Å². The summed E-state index contributed by atoms with van der Waals surface area (Å²) in [5.41, 5.74) is 3.87. The zero-order valence-corrected chi connectivity index (χ0v) is 20.1. The van der Waals surface area contributed by atoms with Crippen LogP contribution in [-0.2, 0) is 11.3 Å². The zero-order chi connectivity index (χ0) is 23.5. The Hall–Kier alpha value is -3.02. The highest BCUT2D eigenvalue weighted by molar-refractivity contribution is 6.14. The van der Waals surface area contributed by atoms with E-state index < -0.39 is 5.54 Å². The van der Waals surface area contributed by atoms with Gasteiger partial charge in [-0.25, -0.2) is 0 Å². The fraction of sp³-hybridized carbons (Fsp3) is 0.481. The average Bonchev–Trinajstić information content (AvgIpc) is 3.37. The fourth-order valence-electron chi connectivity index (χ4n) is 5.68. The van der Waals surface area contributed by atoms with E-state index in [1.807, 2.05) is 49.6 Å². The lowest BCUT2D eigenvalue weighted by Crippen LogP contribution is -2.66. The molecule has 1 saturated carbocycles. The number of nitrogens with zero attached hydrogens (tertiary/aromatic N) is 2. The number of hydrogen-bond donors (Lipinski definition) is 1. The molecule has 3 heterocycles. The van der Waals surface area contributed by atoms with Crippen molar-refractivity contribution in [1.82, 2.24) is 9.88 Å². The van der Waals surface area contributed by atoms with E-state index in [1.54, 1.807) is 17.2 Å². The number of aromatic nitrogens is 1. The minimum atomic E-state index is -1.08. The molecule has 2 aliphatic rings. The van der Waals surface area contributed by atoms with E-state index in [4.69, 9.17) is 4.42 Å². The number of carbonyl (C=O) groups is 2. The number of anilines is 1. The molecule has 4 atom stereocenters. The van der Waals surface area contributed by atoms with Crippen LogP contribution in [-0.4, -0.2) is 28.0 Å². The molecule has 3 aromatic rings. The Morgan fingerprint density at radius 2 is 1.97 bits per heavy atom. The second-order valence-corrected chi connectivity index (χ2v) is 10.3. The van der Waals surface area contributed by atoms with Crippen molar-refractivity contribution in [3.05, 3.63) is 53.4 Å². The van der Waals surface area contributed by atoms with Crippen LogP contribution in [0.25, 0.3) is 11.1 Å². The Balaban J connectivity index is 1.61. The predicted molar refractivity (Wildman–Crippen MR) is 129 cm³/mol. The predicted octanol–water partition coefficient (Wildman–Crippen LogP) is 5.21. The van der Waals surface area contributed by atoms with Gasteiger partial charge in [-0.1, -0.05) is 38.8 Å². The molecule has 1 aliphatic carbocycles. The first-order chi connectivity index (χ1) is 15.7. The lowest BCUT2D eigenvalue weighted by Gasteiger charge is -2.46.